The Labute approximate surface area is 176 Å². The van der Waals surface area contributed by atoms with Gasteiger partial charge in [0.05, 0.1) is 0 Å². The summed E-state index contributed by atoms with van der Waals surface area (Å²) in [6.07, 6.45) is 0. The second kappa shape index (κ2) is 9.76. The molecule has 3 nitrogen and oxygen atoms in total. The van der Waals surface area contributed by atoms with Crippen molar-refractivity contribution in [1.29, 1.82) is 0 Å². The quantitative estimate of drug-likeness (QED) is 0.396. The molecule has 0 unspecified atom stereocenters. The van der Waals surface area contributed by atoms with E-state index in [1.54, 1.807) is 0 Å². The molecule has 29 heavy (non-hydrogen) atoms. The Morgan fingerprint density at radius 1 is 0.724 bits per heavy atom. The van der Waals surface area contributed by atoms with E-state index in [2.05, 4.69) is 53.8 Å². The number of carbonyl (C=O) groups is 1. The summed E-state index contributed by atoms with van der Waals surface area (Å²) in [6.45, 7) is 0.435. The van der Waals surface area contributed by atoms with E-state index < -0.39 is 0 Å². The number of benzene rings is 4. The van der Waals surface area contributed by atoms with Crippen molar-refractivity contribution in [3.05, 3.63) is 103 Å². The summed E-state index contributed by atoms with van der Waals surface area (Å²) in [5, 5.41) is 5.57. The average molecular weight is 404 g/mol. The molecule has 4 heteroatoms. The lowest BCUT2D eigenvalue weighted by Gasteiger charge is -2.09. The summed E-state index contributed by atoms with van der Waals surface area (Å²) in [7, 11) is 0. The van der Waals surface area contributed by atoms with Crippen molar-refractivity contribution in [3.63, 3.8) is 0 Å². The molecule has 0 saturated carbocycles. The van der Waals surface area contributed by atoms with Gasteiger partial charge in [-0.3, -0.25) is 4.79 Å². The minimum absolute atomic E-state index is 0. The second-order valence-electron chi connectivity index (χ2n) is 6.64. The van der Waals surface area contributed by atoms with E-state index in [9.17, 15) is 4.79 Å². The third-order valence-electron chi connectivity index (χ3n) is 4.65. The Kier molecular flexibility index (Phi) is 6.88. The van der Waals surface area contributed by atoms with Gasteiger partial charge in [-0.2, -0.15) is 0 Å². The van der Waals surface area contributed by atoms with Crippen LogP contribution in [-0.2, 0) is 16.1 Å². The molecule has 0 aliphatic carbocycles. The number of anilines is 1. The summed E-state index contributed by atoms with van der Waals surface area (Å²) in [5.74, 6) is -0.276. The van der Waals surface area contributed by atoms with Gasteiger partial charge in [-0.05, 0) is 45.7 Å². The molecule has 0 radical (unpaired) electrons. The van der Waals surface area contributed by atoms with Gasteiger partial charge in [0.15, 0.2) is 0 Å². The second-order valence-corrected chi connectivity index (χ2v) is 6.64. The maximum atomic E-state index is 11.9. The van der Waals surface area contributed by atoms with Gasteiger partial charge in [-0.25, -0.2) is 0 Å². The average Bonchev–Trinajstić information content (AvgIpc) is 2.77. The molecule has 0 bridgehead atoms. The maximum Gasteiger partial charge on any atom is 0.325 e. The molecule has 0 heterocycles. The first-order valence-electron chi connectivity index (χ1n) is 9.31. The van der Waals surface area contributed by atoms with Crippen LogP contribution in [0.5, 0.6) is 0 Å². The van der Waals surface area contributed by atoms with Gasteiger partial charge in [0.2, 0.25) is 0 Å². The van der Waals surface area contributed by atoms with Crippen molar-refractivity contribution in [2.45, 2.75) is 6.61 Å². The van der Waals surface area contributed by atoms with Crippen LogP contribution < -0.4 is 5.32 Å². The van der Waals surface area contributed by atoms with Gasteiger partial charge in [-0.1, -0.05) is 78.9 Å². The smallest absolute Gasteiger partial charge is 0.325 e. The van der Waals surface area contributed by atoms with Crippen LogP contribution in [0.25, 0.3) is 21.9 Å². The van der Waals surface area contributed by atoms with E-state index in [0.29, 0.717) is 6.61 Å². The molecule has 0 aliphatic heterocycles. The van der Waals surface area contributed by atoms with Gasteiger partial charge in [0, 0.05) is 5.69 Å². The first-order valence-corrected chi connectivity index (χ1v) is 9.31. The number of hydrogen-bond donors (Lipinski definition) is 1. The van der Waals surface area contributed by atoms with E-state index in [0.717, 1.165) is 16.8 Å². The number of ether oxygens (including phenoxy) is 1. The zero-order chi connectivity index (χ0) is 19.2. The molecule has 146 valence electrons. The Balaban J connectivity index is 0.00000240. The molecule has 1 N–H and O–H groups in total. The Hall–Kier alpha value is -3.30. The van der Waals surface area contributed by atoms with Crippen LogP contribution in [0.15, 0.2) is 97.1 Å². The first-order chi connectivity index (χ1) is 13.8. The monoisotopic (exact) mass is 403 g/mol. The molecule has 4 aromatic carbocycles. The highest BCUT2D eigenvalue weighted by atomic mass is 35.5. The summed E-state index contributed by atoms with van der Waals surface area (Å²) in [5.41, 5.74) is 4.19. The van der Waals surface area contributed by atoms with Crippen molar-refractivity contribution in [3.8, 4) is 11.1 Å². The summed E-state index contributed by atoms with van der Waals surface area (Å²) in [6, 6.07) is 32.5. The maximum absolute atomic E-state index is 11.9. The highest BCUT2D eigenvalue weighted by Gasteiger charge is 2.04. The number of carbonyl (C=O) groups excluding carboxylic acids is 1. The van der Waals surface area contributed by atoms with Gasteiger partial charge < -0.3 is 10.1 Å². The minimum atomic E-state index is -0.276. The molecule has 0 saturated heterocycles. The first kappa shape index (κ1) is 20.4. The number of halogens is 1. The molecule has 4 aromatic rings. The van der Waals surface area contributed by atoms with Crippen molar-refractivity contribution in [1.82, 2.24) is 0 Å². The van der Waals surface area contributed by atoms with Crippen LogP contribution in [0, 0.1) is 0 Å². The van der Waals surface area contributed by atoms with E-state index in [-0.39, 0.29) is 24.9 Å². The molecule has 0 atom stereocenters. The molecule has 0 fully saturated rings. The predicted molar refractivity (Wildman–Crippen MR) is 121 cm³/mol. The van der Waals surface area contributed by atoms with Gasteiger partial charge in [-0.15, -0.1) is 12.4 Å². The highest BCUT2D eigenvalue weighted by Crippen LogP contribution is 2.25. The number of hydrogen-bond acceptors (Lipinski definition) is 3. The lowest BCUT2D eigenvalue weighted by molar-refractivity contribution is -0.142. The fourth-order valence-corrected chi connectivity index (χ4v) is 3.11. The Bertz CT molecular complexity index is 1080. The molecular formula is C25H22ClNO2. The van der Waals surface area contributed by atoms with Gasteiger partial charge in [0.1, 0.15) is 13.2 Å². The molecule has 0 spiro atoms. The number of fused-ring (bicyclic) bond motifs is 1. The van der Waals surface area contributed by atoms with Crippen molar-refractivity contribution >= 4 is 34.8 Å². The zero-order valence-electron chi connectivity index (χ0n) is 15.9. The molecule has 4 rings (SSSR count). The fourth-order valence-electron chi connectivity index (χ4n) is 3.11. The lowest BCUT2D eigenvalue weighted by Crippen LogP contribution is -2.16. The lowest BCUT2D eigenvalue weighted by atomic mass is 10.0. The molecule has 0 aliphatic rings. The molecule has 0 amide bonds. The van der Waals surface area contributed by atoms with Crippen LogP contribution in [0.3, 0.4) is 0 Å². The van der Waals surface area contributed by atoms with Crippen molar-refractivity contribution < 1.29 is 9.53 Å². The Morgan fingerprint density at radius 2 is 1.38 bits per heavy atom. The number of esters is 1. The third-order valence-corrected chi connectivity index (χ3v) is 4.65. The predicted octanol–water partition coefficient (Wildman–Crippen LogP) is 6.08. The largest absolute Gasteiger partial charge is 0.460 e. The standard InChI is InChI=1S/C25H21NO2.ClH/c27-25(28-18-19-6-2-1-3-7-19)17-26-24-14-12-21(13-15-24)23-11-10-20-8-4-5-9-22(20)16-23;/h1-16,26H,17-18H2;1H. The summed E-state index contributed by atoms with van der Waals surface area (Å²) < 4.78 is 5.28. The Morgan fingerprint density at radius 3 is 2.14 bits per heavy atom. The zero-order valence-corrected chi connectivity index (χ0v) is 16.7. The normalized spacial score (nSPS) is 10.2. The van der Waals surface area contributed by atoms with Crippen molar-refractivity contribution in [2.75, 3.05) is 11.9 Å². The van der Waals surface area contributed by atoms with Crippen molar-refractivity contribution in [2.24, 2.45) is 0 Å². The highest BCUT2D eigenvalue weighted by molar-refractivity contribution is 5.87. The minimum Gasteiger partial charge on any atom is -0.460 e. The van der Waals surface area contributed by atoms with Gasteiger partial charge >= 0.3 is 5.97 Å². The molecule has 0 aromatic heterocycles. The summed E-state index contributed by atoms with van der Waals surface area (Å²) in [4.78, 5) is 11.9. The fraction of sp³-hybridized carbons (Fsp3) is 0.0800. The van der Waals surface area contributed by atoms with E-state index in [1.165, 1.54) is 16.3 Å². The molecular weight excluding hydrogens is 382 g/mol. The van der Waals surface area contributed by atoms with Crippen LogP contribution in [-0.4, -0.2) is 12.5 Å². The topological polar surface area (TPSA) is 38.3 Å². The number of rotatable bonds is 6. The van der Waals surface area contributed by atoms with E-state index in [1.807, 2.05) is 48.5 Å². The van der Waals surface area contributed by atoms with E-state index in [4.69, 9.17) is 4.74 Å². The van der Waals surface area contributed by atoms with E-state index >= 15 is 0 Å². The SMILES string of the molecule is Cl.O=C(CNc1ccc(-c2ccc3ccccc3c2)cc1)OCc1ccccc1. The van der Waals surface area contributed by atoms with Crippen LogP contribution >= 0.6 is 12.4 Å². The van der Waals surface area contributed by atoms with Crippen LogP contribution in [0.1, 0.15) is 5.56 Å². The third kappa shape index (κ3) is 5.37. The number of nitrogens with one attached hydrogen (secondary N) is 1. The van der Waals surface area contributed by atoms with Crippen LogP contribution in [0.2, 0.25) is 0 Å². The van der Waals surface area contributed by atoms with Gasteiger partial charge in [0.25, 0.3) is 0 Å². The van der Waals surface area contributed by atoms with Crippen LogP contribution in [0.4, 0.5) is 5.69 Å². The summed E-state index contributed by atoms with van der Waals surface area (Å²) >= 11 is 0.